The number of hydrogen-bond acceptors (Lipinski definition) is 6. The normalized spacial score (nSPS) is 18.9. The van der Waals surface area contributed by atoms with E-state index in [-0.39, 0.29) is 11.9 Å². The van der Waals surface area contributed by atoms with Crippen LogP contribution >= 0.6 is 22.9 Å². The van der Waals surface area contributed by atoms with Gasteiger partial charge in [0, 0.05) is 25.0 Å². The lowest BCUT2D eigenvalue weighted by Gasteiger charge is -2.37. The first-order valence-corrected chi connectivity index (χ1v) is 14.1. The Kier molecular flexibility index (Phi) is 8.97. The molecule has 0 radical (unpaired) electrons. The third kappa shape index (κ3) is 7.13. The molecule has 1 unspecified atom stereocenters. The summed E-state index contributed by atoms with van der Waals surface area (Å²) in [6, 6.07) is 4.38. The molecule has 2 aromatic rings. The summed E-state index contributed by atoms with van der Waals surface area (Å²) in [6.45, 7) is 8.55. The van der Waals surface area contributed by atoms with Crippen molar-refractivity contribution in [1.29, 1.82) is 0 Å². The number of Topliss-reactive ketones (excluding diaryl/α,β-unsaturated/α-hetero) is 1. The molecule has 1 saturated carbocycles. The fraction of sp³-hybridized carbons (Fsp3) is 0.593. The minimum Gasteiger partial charge on any atom is -0.352 e. The molecule has 6 nitrogen and oxygen atoms in total. The first-order valence-electron chi connectivity index (χ1n) is 12.8. The lowest BCUT2D eigenvalue weighted by molar-refractivity contribution is -0.121. The quantitative estimate of drug-likeness (QED) is 0.407. The van der Waals surface area contributed by atoms with Gasteiger partial charge in [-0.05, 0) is 106 Å². The monoisotopic (exact) mass is 516 g/mol. The zero-order chi connectivity index (χ0) is 24.9. The van der Waals surface area contributed by atoms with Crippen LogP contribution in [0.1, 0.15) is 78.7 Å². The highest BCUT2D eigenvalue weighted by atomic mass is 35.5. The van der Waals surface area contributed by atoms with E-state index < -0.39 is 0 Å². The molecule has 2 aromatic heterocycles. The van der Waals surface area contributed by atoms with Crippen molar-refractivity contribution in [3.8, 4) is 0 Å². The van der Waals surface area contributed by atoms with Gasteiger partial charge >= 0.3 is 0 Å². The van der Waals surface area contributed by atoms with Gasteiger partial charge < -0.3 is 15.5 Å². The number of aryl methyl sites for hydroxylation is 2. The predicted molar refractivity (Wildman–Crippen MR) is 142 cm³/mol. The number of likely N-dealkylation sites (tertiary alicyclic amines) is 1. The molecule has 190 valence electrons. The second-order valence-corrected chi connectivity index (χ2v) is 11.4. The summed E-state index contributed by atoms with van der Waals surface area (Å²) >= 11 is 7.65. The number of halogens is 1. The topological polar surface area (TPSA) is 74.3 Å². The first kappa shape index (κ1) is 26.3. The molecule has 2 aliphatic rings. The van der Waals surface area contributed by atoms with Crippen LogP contribution in [0.25, 0.3) is 0 Å². The van der Waals surface area contributed by atoms with E-state index in [2.05, 4.69) is 44.3 Å². The first-order chi connectivity index (χ1) is 16.8. The molecular weight excluding hydrogens is 480 g/mol. The van der Waals surface area contributed by atoms with Crippen LogP contribution in [0.4, 0.5) is 0 Å². The Hall–Kier alpha value is -1.80. The molecule has 0 bridgehead atoms. The molecular formula is C27H37ClN4O2S. The number of carbonyl (C=O) groups is 2. The summed E-state index contributed by atoms with van der Waals surface area (Å²) in [5, 5.41) is 11.3. The summed E-state index contributed by atoms with van der Waals surface area (Å²) in [5.74, 6) is 0.867. The van der Waals surface area contributed by atoms with Gasteiger partial charge in [0.1, 0.15) is 5.15 Å². The number of hydrogen-bond donors (Lipinski definition) is 2. The highest BCUT2D eigenvalue weighted by Gasteiger charge is 2.32. The van der Waals surface area contributed by atoms with Crippen LogP contribution in [0, 0.1) is 19.8 Å². The molecule has 2 fully saturated rings. The van der Waals surface area contributed by atoms with Crippen LogP contribution in [-0.2, 0) is 4.79 Å². The van der Waals surface area contributed by atoms with E-state index in [4.69, 9.17) is 11.6 Å². The van der Waals surface area contributed by atoms with E-state index >= 15 is 0 Å². The Balaban J connectivity index is 1.22. The molecule has 2 N–H and O–H groups in total. The van der Waals surface area contributed by atoms with Gasteiger partial charge in [-0.3, -0.25) is 9.59 Å². The van der Waals surface area contributed by atoms with Gasteiger partial charge in [-0.2, -0.15) is 11.3 Å². The number of pyridine rings is 1. The van der Waals surface area contributed by atoms with Gasteiger partial charge in [-0.1, -0.05) is 11.6 Å². The van der Waals surface area contributed by atoms with E-state index in [1.165, 1.54) is 12.8 Å². The summed E-state index contributed by atoms with van der Waals surface area (Å²) in [6.07, 6.45) is 6.07. The molecule has 1 amide bonds. The Morgan fingerprint density at radius 1 is 1.23 bits per heavy atom. The average Bonchev–Trinajstić information content (AvgIpc) is 3.46. The standard InChI is InChI=1S/C27H37ClN4O2S/c1-17-14-24(28)30-19(3)25(17)27(34)29-10-6-18(2)32-11-7-22(8-12-32)31-26(21-9-13-35-16-21)23(33)15-20-4-5-20/h9,13-14,16,18,20,22,26,31H,4-8,10-12,15H2,1-3H3,(H,29,34)/t18-,26?/m1/s1. The van der Waals surface area contributed by atoms with Crippen molar-refractivity contribution in [2.45, 2.75) is 77.4 Å². The maximum Gasteiger partial charge on any atom is 0.253 e. The van der Waals surface area contributed by atoms with Crippen LogP contribution in [0.5, 0.6) is 0 Å². The predicted octanol–water partition coefficient (Wildman–Crippen LogP) is 5.09. The zero-order valence-corrected chi connectivity index (χ0v) is 22.6. The SMILES string of the molecule is Cc1cc(Cl)nc(C)c1C(=O)NCC[C@@H](C)N1CCC(NC(C(=O)CC2CC2)c2ccsc2)CC1. The Bertz CT molecular complexity index is 993. The van der Waals surface area contributed by atoms with Crippen LogP contribution in [-0.4, -0.2) is 53.3 Å². The molecule has 1 saturated heterocycles. The van der Waals surface area contributed by atoms with E-state index in [0.29, 0.717) is 53.2 Å². The molecule has 35 heavy (non-hydrogen) atoms. The number of rotatable bonds is 11. The minimum absolute atomic E-state index is 0.0883. The fourth-order valence-corrected chi connectivity index (χ4v) is 6.05. The van der Waals surface area contributed by atoms with Crippen molar-refractivity contribution >= 4 is 34.6 Å². The maximum atomic E-state index is 13.0. The van der Waals surface area contributed by atoms with Crippen molar-refractivity contribution in [2.24, 2.45) is 5.92 Å². The third-order valence-corrected chi connectivity index (χ3v) is 8.28. The number of nitrogens with zero attached hydrogens (tertiary/aromatic N) is 2. The summed E-state index contributed by atoms with van der Waals surface area (Å²) < 4.78 is 0. The van der Waals surface area contributed by atoms with Crippen molar-refractivity contribution in [3.63, 3.8) is 0 Å². The highest BCUT2D eigenvalue weighted by Crippen LogP contribution is 2.35. The van der Waals surface area contributed by atoms with E-state index in [9.17, 15) is 9.59 Å². The largest absolute Gasteiger partial charge is 0.352 e. The van der Waals surface area contributed by atoms with Gasteiger partial charge in [0.05, 0.1) is 17.3 Å². The molecule has 0 spiro atoms. The van der Waals surface area contributed by atoms with E-state index in [1.807, 2.05) is 13.8 Å². The van der Waals surface area contributed by atoms with Crippen LogP contribution in [0.2, 0.25) is 5.15 Å². The number of thiophene rings is 1. The Morgan fingerprint density at radius 2 is 1.97 bits per heavy atom. The minimum atomic E-state index is -0.166. The van der Waals surface area contributed by atoms with Gasteiger partial charge in [-0.15, -0.1) is 0 Å². The fourth-order valence-electron chi connectivity index (χ4n) is 5.07. The van der Waals surface area contributed by atoms with Crippen molar-refractivity contribution < 1.29 is 9.59 Å². The summed E-state index contributed by atoms with van der Waals surface area (Å²) in [7, 11) is 0. The molecule has 1 aliphatic carbocycles. The van der Waals surface area contributed by atoms with Gasteiger partial charge in [0.25, 0.3) is 5.91 Å². The van der Waals surface area contributed by atoms with Crippen molar-refractivity contribution in [1.82, 2.24) is 20.5 Å². The summed E-state index contributed by atoms with van der Waals surface area (Å²) in [5.41, 5.74) is 3.24. The van der Waals surface area contributed by atoms with Crippen LogP contribution in [0.3, 0.4) is 0 Å². The molecule has 1 aliphatic heterocycles. The van der Waals surface area contributed by atoms with Crippen molar-refractivity contribution in [2.75, 3.05) is 19.6 Å². The molecule has 2 atom stereocenters. The average molecular weight is 517 g/mol. The zero-order valence-electron chi connectivity index (χ0n) is 21.0. The Labute approximate surface area is 217 Å². The number of piperidine rings is 1. The molecule has 4 rings (SSSR count). The lowest BCUT2D eigenvalue weighted by Crippen LogP contribution is -2.48. The third-order valence-electron chi connectivity index (χ3n) is 7.38. The number of amides is 1. The summed E-state index contributed by atoms with van der Waals surface area (Å²) in [4.78, 5) is 32.4. The molecule has 0 aromatic carbocycles. The van der Waals surface area contributed by atoms with Gasteiger partial charge in [-0.25, -0.2) is 4.98 Å². The van der Waals surface area contributed by atoms with Gasteiger partial charge in [0.2, 0.25) is 0 Å². The van der Waals surface area contributed by atoms with Crippen LogP contribution < -0.4 is 10.6 Å². The van der Waals surface area contributed by atoms with Crippen LogP contribution in [0.15, 0.2) is 22.9 Å². The smallest absolute Gasteiger partial charge is 0.253 e. The number of ketones is 1. The number of carbonyl (C=O) groups excluding carboxylic acids is 2. The maximum absolute atomic E-state index is 13.0. The highest BCUT2D eigenvalue weighted by molar-refractivity contribution is 7.08. The Morgan fingerprint density at radius 3 is 2.60 bits per heavy atom. The lowest BCUT2D eigenvalue weighted by atomic mass is 9.97. The second-order valence-electron chi connectivity index (χ2n) is 10.2. The van der Waals surface area contributed by atoms with E-state index in [0.717, 1.165) is 43.5 Å². The molecule has 3 heterocycles. The molecule has 8 heteroatoms. The number of aromatic nitrogens is 1. The van der Waals surface area contributed by atoms with Crippen molar-refractivity contribution in [3.05, 3.63) is 50.4 Å². The number of nitrogens with one attached hydrogen (secondary N) is 2. The second kappa shape index (κ2) is 12.0. The van der Waals surface area contributed by atoms with E-state index in [1.54, 1.807) is 17.4 Å². The van der Waals surface area contributed by atoms with Gasteiger partial charge in [0.15, 0.2) is 5.78 Å².